The molecule has 7 nitrogen and oxygen atoms in total. The fourth-order valence-electron chi connectivity index (χ4n) is 1.49. The monoisotopic (exact) mass is 279 g/mol. The van der Waals surface area contributed by atoms with Gasteiger partial charge in [-0.1, -0.05) is 0 Å². The van der Waals surface area contributed by atoms with Gasteiger partial charge in [0.2, 0.25) is 0 Å². The van der Waals surface area contributed by atoms with Gasteiger partial charge in [-0.2, -0.15) is 5.10 Å². The second kappa shape index (κ2) is 5.39. The zero-order chi connectivity index (χ0) is 14.7. The Bertz CT molecular complexity index is 668. The predicted molar refractivity (Wildman–Crippen MR) is 66.5 cm³/mol. The third-order valence-corrected chi connectivity index (χ3v) is 2.46. The van der Waals surface area contributed by atoms with Crippen molar-refractivity contribution in [3.05, 3.63) is 41.3 Å². The molecule has 0 aliphatic carbocycles. The normalized spacial score (nSPS) is 10.1. The van der Waals surface area contributed by atoms with E-state index in [0.29, 0.717) is 0 Å². The van der Waals surface area contributed by atoms with E-state index in [1.807, 2.05) is 0 Å². The Hall–Kier alpha value is -2.90. The summed E-state index contributed by atoms with van der Waals surface area (Å²) in [5.41, 5.74) is -0.107. The van der Waals surface area contributed by atoms with Crippen molar-refractivity contribution in [1.29, 1.82) is 0 Å². The second-order valence-electron chi connectivity index (χ2n) is 3.78. The molecule has 0 spiro atoms. The molecule has 0 fully saturated rings. The minimum Gasteiger partial charge on any atom is -0.494 e. The molecule has 1 amide bonds. The number of aromatic carboxylic acids is 1. The van der Waals surface area contributed by atoms with Crippen molar-refractivity contribution in [3.8, 4) is 5.75 Å². The SMILES string of the molecule is COc1ccc(C(=O)Nc2cc(C(=O)O)[nH]n2)cc1F. The van der Waals surface area contributed by atoms with Crippen LogP contribution in [0, 0.1) is 5.82 Å². The molecule has 0 aliphatic rings. The first-order chi connectivity index (χ1) is 9.51. The van der Waals surface area contributed by atoms with Crippen LogP contribution < -0.4 is 10.1 Å². The van der Waals surface area contributed by atoms with Gasteiger partial charge in [-0.05, 0) is 18.2 Å². The number of benzene rings is 1. The number of hydrogen-bond donors (Lipinski definition) is 3. The number of halogens is 1. The van der Waals surface area contributed by atoms with Crippen LogP contribution in [0.25, 0.3) is 0 Å². The van der Waals surface area contributed by atoms with E-state index in [0.717, 1.165) is 12.1 Å². The molecule has 0 atom stereocenters. The average molecular weight is 279 g/mol. The molecule has 0 saturated heterocycles. The number of amides is 1. The summed E-state index contributed by atoms with van der Waals surface area (Å²) in [6, 6.07) is 4.86. The van der Waals surface area contributed by atoms with Crippen molar-refractivity contribution in [1.82, 2.24) is 10.2 Å². The van der Waals surface area contributed by atoms with Gasteiger partial charge in [0.1, 0.15) is 5.69 Å². The molecule has 0 bridgehead atoms. The van der Waals surface area contributed by atoms with Gasteiger partial charge in [0.15, 0.2) is 17.4 Å². The molecule has 20 heavy (non-hydrogen) atoms. The van der Waals surface area contributed by atoms with Gasteiger partial charge in [0.25, 0.3) is 5.91 Å². The summed E-state index contributed by atoms with van der Waals surface area (Å²) in [5, 5.41) is 16.9. The van der Waals surface area contributed by atoms with Crippen LogP contribution in [0.2, 0.25) is 0 Å². The Labute approximate surface area is 112 Å². The third kappa shape index (κ3) is 2.74. The highest BCUT2D eigenvalue weighted by Crippen LogP contribution is 2.18. The highest BCUT2D eigenvalue weighted by molar-refractivity contribution is 6.04. The number of carbonyl (C=O) groups is 2. The predicted octanol–water partition coefficient (Wildman–Crippen LogP) is 1.51. The van der Waals surface area contributed by atoms with Crippen molar-refractivity contribution in [2.75, 3.05) is 12.4 Å². The Morgan fingerprint density at radius 2 is 2.15 bits per heavy atom. The highest BCUT2D eigenvalue weighted by atomic mass is 19.1. The second-order valence-corrected chi connectivity index (χ2v) is 3.78. The Morgan fingerprint density at radius 1 is 1.40 bits per heavy atom. The molecule has 1 heterocycles. The number of carboxylic acid groups (broad SMARTS) is 1. The van der Waals surface area contributed by atoms with E-state index >= 15 is 0 Å². The summed E-state index contributed by atoms with van der Waals surface area (Å²) in [4.78, 5) is 22.5. The number of hydrogen-bond acceptors (Lipinski definition) is 4. The lowest BCUT2D eigenvalue weighted by Gasteiger charge is -2.04. The molecule has 2 aromatic rings. The number of ether oxygens (including phenoxy) is 1. The maximum Gasteiger partial charge on any atom is 0.353 e. The molecule has 1 aromatic carbocycles. The zero-order valence-corrected chi connectivity index (χ0v) is 10.3. The van der Waals surface area contributed by atoms with E-state index in [2.05, 4.69) is 15.5 Å². The van der Waals surface area contributed by atoms with Crippen molar-refractivity contribution in [2.45, 2.75) is 0 Å². The van der Waals surface area contributed by atoms with E-state index in [9.17, 15) is 14.0 Å². The van der Waals surface area contributed by atoms with Crippen LogP contribution in [0.1, 0.15) is 20.8 Å². The molecule has 1 aromatic heterocycles. The van der Waals surface area contributed by atoms with Crippen LogP contribution in [0.15, 0.2) is 24.3 Å². The number of H-pyrrole nitrogens is 1. The lowest BCUT2D eigenvalue weighted by Crippen LogP contribution is -2.12. The Kier molecular flexibility index (Phi) is 3.65. The van der Waals surface area contributed by atoms with E-state index in [1.165, 1.54) is 19.2 Å². The van der Waals surface area contributed by atoms with Crippen molar-refractivity contribution in [2.24, 2.45) is 0 Å². The smallest absolute Gasteiger partial charge is 0.353 e. The van der Waals surface area contributed by atoms with E-state index in [-0.39, 0.29) is 22.8 Å². The van der Waals surface area contributed by atoms with Crippen molar-refractivity contribution < 1.29 is 23.8 Å². The minimum atomic E-state index is -1.20. The van der Waals surface area contributed by atoms with Crippen LogP contribution >= 0.6 is 0 Å². The van der Waals surface area contributed by atoms with Crippen LogP contribution in [0.5, 0.6) is 5.75 Å². The number of carbonyl (C=O) groups excluding carboxylic acids is 1. The average Bonchev–Trinajstić information content (AvgIpc) is 2.87. The number of anilines is 1. The lowest BCUT2D eigenvalue weighted by molar-refractivity contribution is 0.0690. The van der Waals surface area contributed by atoms with Gasteiger partial charge in [0, 0.05) is 11.6 Å². The molecule has 0 saturated carbocycles. The highest BCUT2D eigenvalue weighted by Gasteiger charge is 2.13. The summed E-state index contributed by atoms with van der Waals surface area (Å²) in [6.45, 7) is 0. The first-order valence-electron chi connectivity index (χ1n) is 5.45. The van der Waals surface area contributed by atoms with Crippen molar-refractivity contribution in [3.63, 3.8) is 0 Å². The molecule has 8 heteroatoms. The first-order valence-corrected chi connectivity index (χ1v) is 5.45. The molecule has 0 aliphatic heterocycles. The number of carboxylic acids is 1. The zero-order valence-electron chi connectivity index (χ0n) is 10.3. The number of aromatic amines is 1. The van der Waals surface area contributed by atoms with E-state index in [1.54, 1.807) is 0 Å². The van der Waals surface area contributed by atoms with Gasteiger partial charge in [-0.15, -0.1) is 0 Å². The summed E-state index contributed by atoms with van der Waals surface area (Å²) >= 11 is 0. The number of nitrogens with one attached hydrogen (secondary N) is 2. The topological polar surface area (TPSA) is 104 Å². The molecule has 3 N–H and O–H groups in total. The number of rotatable bonds is 4. The first kappa shape index (κ1) is 13.5. The third-order valence-electron chi connectivity index (χ3n) is 2.46. The maximum atomic E-state index is 13.5. The molecule has 104 valence electrons. The van der Waals surface area contributed by atoms with E-state index < -0.39 is 17.7 Å². The van der Waals surface area contributed by atoms with Crippen LogP contribution in [0.4, 0.5) is 10.2 Å². The lowest BCUT2D eigenvalue weighted by atomic mass is 10.2. The Balaban J connectivity index is 2.15. The van der Waals surface area contributed by atoms with Gasteiger partial charge < -0.3 is 15.2 Å². The summed E-state index contributed by atoms with van der Waals surface area (Å²) in [5.74, 6) is -2.44. The summed E-state index contributed by atoms with van der Waals surface area (Å²) in [7, 11) is 1.31. The molecular weight excluding hydrogens is 269 g/mol. The largest absolute Gasteiger partial charge is 0.494 e. The molecule has 0 unspecified atom stereocenters. The summed E-state index contributed by atoms with van der Waals surface area (Å²) in [6.07, 6.45) is 0. The molecular formula is C12H10FN3O4. The number of aromatic nitrogens is 2. The standard InChI is InChI=1S/C12H10FN3O4/c1-20-9-3-2-6(4-7(9)13)11(17)14-10-5-8(12(18)19)15-16-10/h2-5H,1H3,(H,18,19)(H2,14,15,16,17). The molecule has 2 rings (SSSR count). The maximum absolute atomic E-state index is 13.5. The van der Waals surface area contributed by atoms with Gasteiger partial charge in [-0.3, -0.25) is 9.89 Å². The van der Waals surface area contributed by atoms with Crippen LogP contribution in [-0.4, -0.2) is 34.3 Å². The summed E-state index contributed by atoms with van der Waals surface area (Å²) < 4.78 is 18.2. The van der Waals surface area contributed by atoms with Gasteiger partial charge in [0.05, 0.1) is 7.11 Å². The fourth-order valence-corrected chi connectivity index (χ4v) is 1.49. The number of methoxy groups -OCH3 is 1. The van der Waals surface area contributed by atoms with Gasteiger partial charge in [-0.25, -0.2) is 9.18 Å². The number of nitrogens with zero attached hydrogens (tertiary/aromatic N) is 1. The Morgan fingerprint density at radius 3 is 2.70 bits per heavy atom. The van der Waals surface area contributed by atoms with Crippen LogP contribution in [0.3, 0.4) is 0 Å². The fraction of sp³-hybridized carbons (Fsp3) is 0.0833. The van der Waals surface area contributed by atoms with E-state index in [4.69, 9.17) is 9.84 Å². The van der Waals surface area contributed by atoms with Gasteiger partial charge >= 0.3 is 5.97 Å². The quantitative estimate of drug-likeness (QED) is 0.786. The molecule has 0 radical (unpaired) electrons. The van der Waals surface area contributed by atoms with Crippen molar-refractivity contribution >= 4 is 17.7 Å². The minimum absolute atomic E-state index is 0.0227. The van der Waals surface area contributed by atoms with Crippen LogP contribution in [-0.2, 0) is 0 Å².